The Labute approximate surface area is 190 Å². The van der Waals surface area contributed by atoms with Gasteiger partial charge in [-0.2, -0.15) is 0 Å². The van der Waals surface area contributed by atoms with Crippen LogP contribution in [0.25, 0.3) is 0 Å². The molecule has 4 aliphatic carbocycles. The standard InChI is InChI=1S/C28H45ClO/c1-17(2)18(3)7-8-19(4)22-9-10-23-21-16-26(30)25-15-20(29)11-13-28(25,6)24(21)12-14-27(22,23)5/h7-8,17-25H,9-16H2,1-6H3/b8-7+/t18-,19+,20-,21+,22-,23+,24+,25+,27+,28+/m0/s1. The normalized spacial score (nSPS) is 48.3. The fourth-order valence-electron chi connectivity index (χ4n) is 8.60. The van der Waals surface area contributed by atoms with Crippen molar-refractivity contribution >= 4 is 17.4 Å². The van der Waals surface area contributed by atoms with Crippen molar-refractivity contribution in [2.75, 3.05) is 0 Å². The van der Waals surface area contributed by atoms with Gasteiger partial charge in [0, 0.05) is 17.7 Å². The number of alkyl halides is 1. The second-order valence-electron chi connectivity index (χ2n) is 12.6. The molecule has 0 aromatic heterocycles. The van der Waals surface area contributed by atoms with E-state index in [4.69, 9.17) is 11.6 Å². The number of Topliss-reactive ketones (excluding diaryl/α,β-unsaturated/α-hetero) is 1. The molecule has 0 unspecified atom stereocenters. The number of carbonyl (C=O) groups excluding carboxylic acids is 1. The van der Waals surface area contributed by atoms with Crippen molar-refractivity contribution in [1.82, 2.24) is 0 Å². The van der Waals surface area contributed by atoms with E-state index < -0.39 is 0 Å². The van der Waals surface area contributed by atoms with Crippen molar-refractivity contribution < 1.29 is 4.79 Å². The van der Waals surface area contributed by atoms with Crippen molar-refractivity contribution in [3.8, 4) is 0 Å². The van der Waals surface area contributed by atoms with E-state index in [1.54, 1.807) is 0 Å². The first-order valence-electron chi connectivity index (χ1n) is 12.9. The van der Waals surface area contributed by atoms with Gasteiger partial charge in [-0.15, -0.1) is 11.6 Å². The molecule has 0 amide bonds. The Morgan fingerprint density at radius 1 is 0.933 bits per heavy atom. The van der Waals surface area contributed by atoms with Crippen LogP contribution in [0.5, 0.6) is 0 Å². The van der Waals surface area contributed by atoms with Crippen LogP contribution >= 0.6 is 11.6 Å². The Balaban J connectivity index is 1.54. The molecule has 4 aliphatic rings. The Hall–Kier alpha value is -0.300. The van der Waals surface area contributed by atoms with E-state index in [1.165, 1.54) is 25.7 Å². The molecule has 0 spiro atoms. The van der Waals surface area contributed by atoms with E-state index >= 15 is 0 Å². The van der Waals surface area contributed by atoms with E-state index in [1.807, 2.05) is 0 Å². The molecule has 10 atom stereocenters. The second-order valence-corrected chi connectivity index (χ2v) is 13.2. The summed E-state index contributed by atoms with van der Waals surface area (Å²) < 4.78 is 0. The number of ketones is 1. The highest BCUT2D eigenvalue weighted by Crippen LogP contribution is 2.67. The molecule has 2 heteroatoms. The number of hydrogen-bond donors (Lipinski definition) is 0. The zero-order chi connectivity index (χ0) is 21.8. The van der Waals surface area contributed by atoms with Crippen molar-refractivity contribution in [2.45, 2.75) is 98.3 Å². The highest BCUT2D eigenvalue weighted by atomic mass is 35.5. The Morgan fingerprint density at radius 3 is 2.30 bits per heavy atom. The third kappa shape index (κ3) is 3.64. The minimum Gasteiger partial charge on any atom is -0.299 e. The minimum atomic E-state index is 0.211. The van der Waals surface area contributed by atoms with E-state index in [0.29, 0.717) is 34.9 Å². The topological polar surface area (TPSA) is 17.1 Å². The fourth-order valence-corrected chi connectivity index (χ4v) is 8.89. The lowest BCUT2D eigenvalue weighted by atomic mass is 9.44. The van der Waals surface area contributed by atoms with Gasteiger partial charge in [0.2, 0.25) is 0 Å². The summed E-state index contributed by atoms with van der Waals surface area (Å²) in [6, 6.07) is 0. The highest BCUT2D eigenvalue weighted by molar-refractivity contribution is 6.20. The van der Waals surface area contributed by atoms with Crippen LogP contribution in [0.2, 0.25) is 0 Å². The van der Waals surface area contributed by atoms with Crippen LogP contribution in [0.1, 0.15) is 92.9 Å². The summed E-state index contributed by atoms with van der Waals surface area (Å²) in [5.41, 5.74) is 0.627. The Bertz CT molecular complexity index is 682. The van der Waals surface area contributed by atoms with Crippen molar-refractivity contribution in [3.63, 3.8) is 0 Å². The van der Waals surface area contributed by atoms with Crippen molar-refractivity contribution in [3.05, 3.63) is 12.2 Å². The molecule has 0 bridgehead atoms. The molecular weight excluding hydrogens is 388 g/mol. The lowest BCUT2D eigenvalue weighted by Gasteiger charge is -2.60. The third-order valence-electron chi connectivity index (χ3n) is 10.9. The minimum absolute atomic E-state index is 0.211. The van der Waals surface area contributed by atoms with Crippen molar-refractivity contribution in [2.24, 2.45) is 58.2 Å². The summed E-state index contributed by atoms with van der Waals surface area (Å²) in [4.78, 5) is 13.3. The summed E-state index contributed by atoms with van der Waals surface area (Å²) in [5, 5.41) is 0.217. The summed E-state index contributed by atoms with van der Waals surface area (Å²) in [6.07, 6.45) is 14.4. The summed E-state index contributed by atoms with van der Waals surface area (Å²) in [7, 11) is 0. The van der Waals surface area contributed by atoms with Crippen LogP contribution < -0.4 is 0 Å². The summed E-state index contributed by atoms with van der Waals surface area (Å²) in [6.45, 7) is 14.5. The van der Waals surface area contributed by atoms with Gasteiger partial charge in [0.1, 0.15) is 5.78 Å². The predicted molar refractivity (Wildman–Crippen MR) is 128 cm³/mol. The van der Waals surface area contributed by atoms with Gasteiger partial charge in [0.15, 0.2) is 0 Å². The third-order valence-corrected chi connectivity index (χ3v) is 11.3. The monoisotopic (exact) mass is 432 g/mol. The number of halogens is 1. The molecule has 0 radical (unpaired) electrons. The first-order valence-corrected chi connectivity index (χ1v) is 13.4. The molecule has 1 nitrogen and oxygen atoms in total. The average Bonchev–Trinajstić information content (AvgIpc) is 3.04. The number of carbonyl (C=O) groups is 1. The molecule has 0 aromatic rings. The molecule has 0 saturated heterocycles. The van der Waals surface area contributed by atoms with Crippen LogP contribution in [0.3, 0.4) is 0 Å². The van der Waals surface area contributed by atoms with E-state index in [-0.39, 0.29) is 16.7 Å². The molecular formula is C28H45ClO. The molecule has 0 aromatic carbocycles. The predicted octanol–water partition coefficient (Wildman–Crippen LogP) is 7.92. The lowest BCUT2D eigenvalue weighted by molar-refractivity contribution is -0.153. The maximum atomic E-state index is 13.3. The number of rotatable bonds is 4. The number of allylic oxidation sites excluding steroid dienone is 2. The van der Waals surface area contributed by atoms with E-state index in [0.717, 1.165) is 43.4 Å². The molecule has 30 heavy (non-hydrogen) atoms. The zero-order valence-corrected chi connectivity index (χ0v) is 21.0. The molecule has 0 heterocycles. The highest BCUT2D eigenvalue weighted by Gasteiger charge is 2.62. The number of hydrogen-bond acceptors (Lipinski definition) is 1. The van der Waals surface area contributed by atoms with Crippen LogP contribution in [-0.2, 0) is 4.79 Å². The van der Waals surface area contributed by atoms with Gasteiger partial charge in [0.05, 0.1) is 0 Å². The quantitative estimate of drug-likeness (QED) is 0.325. The van der Waals surface area contributed by atoms with E-state index in [2.05, 4.69) is 53.7 Å². The fraction of sp³-hybridized carbons (Fsp3) is 0.893. The van der Waals surface area contributed by atoms with Crippen LogP contribution in [0.4, 0.5) is 0 Å². The maximum absolute atomic E-state index is 13.3. The van der Waals surface area contributed by atoms with Gasteiger partial charge in [-0.3, -0.25) is 4.79 Å². The van der Waals surface area contributed by atoms with Gasteiger partial charge >= 0.3 is 0 Å². The SMILES string of the molecule is CC(C)[C@@H](C)/C=C/[C@@H](C)[C@@H]1CC[C@@H]2[C@H]3CC(=O)[C@H]4C[C@@H](Cl)CC[C@]4(C)[C@@H]3CC[C@@]21C. The van der Waals surface area contributed by atoms with E-state index in [9.17, 15) is 4.79 Å². The molecule has 170 valence electrons. The Kier molecular flexibility index (Phi) is 6.28. The van der Waals surface area contributed by atoms with Gasteiger partial charge < -0.3 is 0 Å². The van der Waals surface area contributed by atoms with Crippen LogP contribution in [0.15, 0.2) is 12.2 Å². The van der Waals surface area contributed by atoms with Crippen LogP contribution in [-0.4, -0.2) is 11.2 Å². The first kappa shape index (κ1) is 22.9. The molecule has 0 aliphatic heterocycles. The number of fused-ring (bicyclic) bond motifs is 5. The van der Waals surface area contributed by atoms with Crippen LogP contribution in [0, 0.1) is 58.2 Å². The van der Waals surface area contributed by atoms with Gasteiger partial charge in [-0.1, -0.05) is 53.7 Å². The largest absolute Gasteiger partial charge is 0.299 e. The van der Waals surface area contributed by atoms with Gasteiger partial charge in [0.25, 0.3) is 0 Å². The molecule has 4 rings (SSSR count). The summed E-state index contributed by atoms with van der Waals surface area (Å²) >= 11 is 6.52. The molecule has 4 fully saturated rings. The second kappa shape index (κ2) is 8.24. The van der Waals surface area contributed by atoms with Crippen molar-refractivity contribution in [1.29, 1.82) is 0 Å². The average molecular weight is 433 g/mol. The van der Waals surface area contributed by atoms with Gasteiger partial charge in [-0.05, 0) is 97.2 Å². The smallest absolute Gasteiger partial charge is 0.136 e. The lowest BCUT2D eigenvalue weighted by Crippen LogP contribution is -2.56. The van der Waals surface area contributed by atoms with Gasteiger partial charge in [-0.25, -0.2) is 0 Å². The summed E-state index contributed by atoms with van der Waals surface area (Å²) in [5.74, 6) is 5.68. The zero-order valence-electron chi connectivity index (χ0n) is 20.3. The maximum Gasteiger partial charge on any atom is 0.136 e. The Morgan fingerprint density at radius 2 is 1.60 bits per heavy atom. The first-order chi connectivity index (χ1) is 14.1. The molecule has 4 saturated carbocycles. The molecule has 0 N–H and O–H groups in total.